The maximum absolute atomic E-state index is 11.8. The summed E-state index contributed by atoms with van der Waals surface area (Å²) in [5.74, 6) is -0.115. The van der Waals surface area contributed by atoms with E-state index in [1.165, 1.54) is 15.6 Å². The van der Waals surface area contributed by atoms with E-state index >= 15 is 0 Å². The zero-order valence-corrected chi connectivity index (χ0v) is 12.1. The normalized spacial score (nSPS) is 18.9. The Hall–Kier alpha value is -0.580. The van der Waals surface area contributed by atoms with Gasteiger partial charge in [0.05, 0.1) is 5.41 Å². The summed E-state index contributed by atoms with van der Waals surface area (Å²) in [6.07, 6.45) is 6.21. The average Bonchev–Trinajstić information content (AvgIpc) is 2.30. The summed E-state index contributed by atoms with van der Waals surface area (Å²) in [4.78, 5) is 11.8. The van der Waals surface area contributed by atoms with Gasteiger partial charge in [0, 0.05) is 3.57 Å². The standard InChI is InChI=1S/C14H18INO/c15-12-6-4-5-11(9-12)10-14(13(16)17)7-2-1-3-8-14/h4-6,9H,1-3,7-8,10H2,(H2,16,17). The molecule has 0 heterocycles. The predicted octanol–water partition coefficient (Wildman–Crippen LogP) is 3.27. The highest BCUT2D eigenvalue weighted by Crippen LogP contribution is 2.39. The number of halogens is 1. The van der Waals surface area contributed by atoms with Crippen LogP contribution in [0.1, 0.15) is 37.7 Å². The molecular weight excluding hydrogens is 325 g/mol. The summed E-state index contributed by atoms with van der Waals surface area (Å²) < 4.78 is 1.22. The highest BCUT2D eigenvalue weighted by Gasteiger charge is 2.37. The van der Waals surface area contributed by atoms with Gasteiger partial charge in [-0.1, -0.05) is 31.4 Å². The average molecular weight is 343 g/mol. The predicted molar refractivity (Wildman–Crippen MR) is 77.6 cm³/mol. The minimum atomic E-state index is -0.289. The number of primary amides is 1. The number of hydrogen-bond acceptors (Lipinski definition) is 1. The molecule has 1 amide bonds. The molecule has 0 radical (unpaired) electrons. The van der Waals surface area contributed by atoms with Gasteiger partial charge in [-0.05, 0) is 59.5 Å². The summed E-state index contributed by atoms with van der Waals surface area (Å²) >= 11 is 2.31. The molecular formula is C14H18INO. The van der Waals surface area contributed by atoms with E-state index in [1.54, 1.807) is 0 Å². The first-order valence-corrected chi connectivity index (χ1v) is 7.25. The fourth-order valence-corrected chi connectivity index (χ4v) is 3.38. The van der Waals surface area contributed by atoms with Crippen LogP contribution >= 0.6 is 22.6 Å². The molecule has 0 bridgehead atoms. The van der Waals surface area contributed by atoms with Crippen molar-refractivity contribution in [2.24, 2.45) is 11.1 Å². The lowest BCUT2D eigenvalue weighted by atomic mass is 9.70. The van der Waals surface area contributed by atoms with E-state index in [0.717, 1.165) is 32.1 Å². The highest BCUT2D eigenvalue weighted by molar-refractivity contribution is 14.1. The molecule has 17 heavy (non-hydrogen) atoms. The van der Waals surface area contributed by atoms with Gasteiger partial charge in [-0.15, -0.1) is 0 Å². The molecule has 1 fully saturated rings. The molecule has 1 aliphatic rings. The SMILES string of the molecule is NC(=O)C1(Cc2cccc(I)c2)CCCCC1. The Balaban J connectivity index is 2.20. The molecule has 1 saturated carbocycles. The summed E-state index contributed by atoms with van der Waals surface area (Å²) in [6.45, 7) is 0. The molecule has 1 aromatic carbocycles. The van der Waals surface area contributed by atoms with Crippen LogP contribution in [0.5, 0.6) is 0 Å². The summed E-state index contributed by atoms with van der Waals surface area (Å²) in [5, 5.41) is 0. The number of hydrogen-bond donors (Lipinski definition) is 1. The number of benzene rings is 1. The molecule has 0 aromatic heterocycles. The Morgan fingerprint density at radius 3 is 2.59 bits per heavy atom. The second-order valence-electron chi connectivity index (χ2n) is 5.01. The molecule has 0 aliphatic heterocycles. The van der Waals surface area contributed by atoms with E-state index in [-0.39, 0.29) is 11.3 Å². The second-order valence-corrected chi connectivity index (χ2v) is 6.26. The van der Waals surface area contributed by atoms with E-state index in [1.807, 2.05) is 0 Å². The van der Waals surface area contributed by atoms with Gasteiger partial charge in [0.15, 0.2) is 0 Å². The van der Waals surface area contributed by atoms with Crippen molar-refractivity contribution in [1.82, 2.24) is 0 Å². The van der Waals surface area contributed by atoms with Gasteiger partial charge in [0.1, 0.15) is 0 Å². The third kappa shape index (κ3) is 3.00. The Morgan fingerprint density at radius 2 is 2.00 bits per heavy atom. The summed E-state index contributed by atoms with van der Waals surface area (Å²) in [5.41, 5.74) is 6.59. The molecule has 2 N–H and O–H groups in total. The number of carbonyl (C=O) groups is 1. The van der Waals surface area contributed by atoms with Crippen LogP contribution in [-0.4, -0.2) is 5.91 Å². The van der Waals surface area contributed by atoms with E-state index in [0.29, 0.717) is 0 Å². The van der Waals surface area contributed by atoms with Crippen molar-refractivity contribution < 1.29 is 4.79 Å². The van der Waals surface area contributed by atoms with Crippen molar-refractivity contribution in [2.75, 3.05) is 0 Å². The molecule has 2 rings (SSSR count). The largest absolute Gasteiger partial charge is 0.369 e. The van der Waals surface area contributed by atoms with Crippen LogP contribution in [0.2, 0.25) is 0 Å². The molecule has 92 valence electrons. The van der Waals surface area contributed by atoms with E-state index in [9.17, 15) is 4.79 Å². The number of nitrogens with two attached hydrogens (primary N) is 1. The molecule has 1 aromatic rings. The van der Waals surface area contributed by atoms with Gasteiger partial charge >= 0.3 is 0 Å². The van der Waals surface area contributed by atoms with Crippen LogP contribution in [0.4, 0.5) is 0 Å². The first-order chi connectivity index (χ1) is 8.12. The maximum atomic E-state index is 11.8. The van der Waals surface area contributed by atoms with Crippen LogP contribution in [0.15, 0.2) is 24.3 Å². The summed E-state index contributed by atoms with van der Waals surface area (Å²) in [7, 11) is 0. The maximum Gasteiger partial charge on any atom is 0.223 e. The van der Waals surface area contributed by atoms with Gasteiger partial charge in [-0.3, -0.25) is 4.79 Å². The fraction of sp³-hybridized carbons (Fsp3) is 0.500. The Labute approximate surface area is 116 Å². The van der Waals surface area contributed by atoms with E-state index < -0.39 is 0 Å². The molecule has 3 heteroatoms. The zero-order chi connectivity index (χ0) is 12.3. The summed E-state index contributed by atoms with van der Waals surface area (Å²) in [6, 6.07) is 8.37. The monoisotopic (exact) mass is 343 g/mol. The number of amides is 1. The molecule has 2 nitrogen and oxygen atoms in total. The van der Waals surface area contributed by atoms with Crippen molar-refractivity contribution in [3.8, 4) is 0 Å². The van der Waals surface area contributed by atoms with E-state index in [4.69, 9.17) is 5.73 Å². The van der Waals surface area contributed by atoms with Crippen LogP contribution in [0, 0.1) is 8.99 Å². The quantitative estimate of drug-likeness (QED) is 0.841. The smallest absolute Gasteiger partial charge is 0.223 e. The minimum Gasteiger partial charge on any atom is -0.369 e. The lowest BCUT2D eigenvalue weighted by Crippen LogP contribution is -2.40. The Morgan fingerprint density at radius 1 is 1.29 bits per heavy atom. The molecule has 0 spiro atoms. The van der Waals surface area contributed by atoms with Crippen LogP contribution < -0.4 is 5.73 Å². The fourth-order valence-electron chi connectivity index (χ4n) is 2.78. The van der Waals surface area contributed by atoms with Gasteiger partial charge in [-0.25, -0.2) is 0 Å². The number of rotatable bonds is 3. The zero-order valence-electron chi connectivity index (χ0n) is 9.92. The van der Waals surface area contributed by atoms with Gasteiger partial charge in [0.25, 0.3) is 0 Å². The Bertz CT molecular complexity index is 410. The first-order valence-electron chi connectivity index (χ1n) is 6.17. The third-order valence-electron chi connectivity index (χ3n) is 3.76. The van der Waals surface area contributed by atoms with Crippen LogP contribution in [0.3, 0.4) is 0 Å². The Kier molecular flexibility index (Phi) is 4.07. The van der Waals surface area contributed by atoms with Crippen molar-refractivity contribution >= 4 is 28.5 Å². The molecule has 0 atom stereocenters. The lowest BCUT2D eigenvalue weighted by Gasteiger charge is -2.34. The second kappa shape index (κ2) is 5.38. The van der Waals surface area contributed by atoms with Crippen molar-refractivity contribution in [1.29, 1.82) is 0 Å². The van der Waals surface area contributed by atoms with Crippen molar-refractivity contribution in [3.63, 3.8) is 0 Å². The van der Waals surface area contributed by atoms with Crippen molar-refractivity contribution in [2.45, 2.75) is 38.5 Å². The van der Waals surface area contributed by atoms with E-state index in [2.05, 4.69) is 46.9 Å². The third-order valence-corrected chi connectivity index (χ3v) is 4.44. The topological polar surface area (TPSA) is 43.1 Å². The molecule has 1 aliphatic carbocycles. The lowest BCUT2D eigenvalue weighted by molar-refractivity contribution is -0.129. The van der Waals surface area contributed by atoms with Crippen LogP contribution in [0.25, 0.3) is 0 Å². The van der Waals surface area contributed by atoms with Gasteiger partial charge in [-0.2, -0.15) is 0 Å². The van der Waals surface area contributed by atoms with Gasteiger partial charge < -0.3 is 5.73 Å². The molecule has 0 saturated heterocycles. The highest BCUT2D eigenvalue weighted by atomic mass is 127. The van der Waals surface area contributed by atoms with Gasteiger partial charge in [0.2, 0.25) is 5.91 Å². The number of carbonyl (C=O) groups excluding carboxylic acids is 1. The first kappa shape index (κ1) is 12.9. The molecule has 0 unspecified atom stereocenters. The van der Waals surface area contributed by atoms with Crippen LogP contribution in [-0.2, 0) is 11.2 Å². The van der Waals surface area contributed by atoms with Crippen molar-refractivity contribution in [3.05, 3.63) is 33.4 Å². The minimum absolute atomic E-state index is 0.115.